The van der Waals surface area contributed by atoms with Crippen LogP contribution in [0.4, 0.5) is 5.00 Å². The van der Waals surface area contributed by atoms with Crippen molar-refractivity contribution in [1.82, 2.24) is 19.9 Å². The van der Waals surface area contributed by atoms with Gasteiger partial charge >= 0.3 is 5.97 Å². The summed E-state index contributed by atoms with van der Waals surface area (Å²) in [7, 11) is 0. The minimum absolute atomic E-state index is 0.237. The number of esters is 1. The highest BCUT2D eigenvalue weighted by molar-refractivity contribution is 8.00. The molecule has 0 aliphatic heterocycles. The molecule has 4 aromatic rings. The number of rotatable bonds is 8. The number of pyridine rings is 1. The Morgan fingerprint density at radius 3 is 2.65 bits per heavy atom. The molecule has 0 saturated carbocycles. The van der Waals surface area contributed by atoms with Crippen LogP contribution in [0.2, 0.25) is 0 Å². The van der Waals surface area contributed by atoms with Crippen LogP contribution in [0.1, 0.15) is 24.2 Å². The number of hydrogen-bond acceptors (Lipinski definition) is 9. The highest BCUT2D eigenvalue weighted by atomic mass is 32.2. The van der Waals surface area contributed by atoms with Crippen molar-refractivity contribution in [3.63, 3.8) is 0 Å². The van der Waals surface area contributed by atoms with E-state index in [1.54, 1.807) is 38.4 Å². The molecule has 9 nitrogen and oxygen atoms in total. The first kappa shape index (κ1) is 23.5. The first-order valence-corrected chi connectivity index (χ1v) is 12.1. The Kier molecular flexibility index (Phi) is 7.24. The average molecular weight is 495 g/mol. The van der Waals surface area contributed by atoms with Gasteiger partial charge in [-0.05, 0) is 37.6 Å². The lowest BCUT2D eigenvalue weighted by Crippen LogP contribution is -2.24. The second-order valence-corrected chi connectivity index (χ2v) is 9.47. The molecule has 174 valence electrons. The van der Waals surface area contributed by atoms with Gasteiger partial charge in [-0.2, -0.15) is 0 Å². The standard InChI is InChI=1S/C23H22N6O3S2/c1-3-32-22(31)17-12-18(15-8-5-4-6-9-15)34-21(17)26-20(30)14(2)33-23-28-27-19(29(23)24)16-10-7-11-25-13-16/h4-14H,3,24H2,1-2H3,(H,26,30)/t14-/m0/s1. The summed E-state index contributed by atoms with van der Waals surface area (Å²) in [6.45, 7) is 3.71. The Bertz CT molecular complexity index is 1290. The molecule has 4 rings (SSSR count). The zero-order valence-corrected chi connectivity index (χ0v) is 20.1. The maximum Gasteiger partial charge on any atom is 0.341 e. The van der Waals surface area contributed by atoms with Crippen LogP contribution in [0.3, 0.4) is 0 Å². The molecule has 3 heterocycles. The van der Waals surface area contributed by atoms with Crippen LogP contribution in [0.15, 0.2) is 66.1 Å². The normalized spacial score (nSPS) is 11.7. The summed E-state index contributed by atoms with van der Waals surface area (Å²) in [4.78, 5) is 30.4. The van der Waals surface area contributed by atoms with E-state index in [0.29, 0.717) is 27.1 Å². The van der Waals surface area contributed by atoms with Gasteiger partial charge in [-0.1, -0.05) is 42.1 Å². The lowest BCUT2D eigenvalue weighted by atomic mass is 10.1. The van der Waals surface area contributed by atoms with Gasteiger partial charge in [0.05, 0.1) is 17.4 Å². The number of benzene rings is 1. The summed E-state index contributed by atoms with van der Waals surface area (Å²) in [5.41, 5.74) is 1.98. The number of nitrogens with zero attached hydrogens (tertiary/aromatic N) is 4. The molecule has 34 heavy (non-hydrogen) atoms. The number of nitrogens with two attached hydrogens (primary N) is 1. The molecule has 0 aliphatic carbocycles. The zero-order chi connectivity index (χ0) is 24.1. The molecule has 0 aliphatic rings. The van der Waals surface area contributed by atoms with Gasteiger partial charge in [-0.3, -0.25) is 9.78 Å². The molecule has 0 spiro atoms. The molecular weight excluding hydrogens is 472 g/mol. The summed E-state index contributed by atoms with van der Waals surface area (Å²) < 4.78 is 6.51. The van der Waals surface area contributed by atoms with E-state index in [2.05, 4.69) is 20.5 Å². The molecule has 0 unspecified atom stereocenters. The number of thiophene rings is 1. The van der Waals surface area contributed by atoms with Crippen molar-refractivity contribution in [2.75, 3.05) is 17.8 Å². The minimum Gasteiger partial charge on any atom is -0.462 e. The van der Waals surface area contributed by atoms with Gasteiger partial charge < -0.3 is 15.9 Å². The monoisotopic (exact) mass is 494 g/mol. The van der Waals surface area contributed by atoms with E-state index in [0.717, 1.165) is 22.2 Å². The number of carbonyl (C=O) groups is 2. The van der Waals surface area contributed by atoms with E-state index in [4.69, 9.17) is 10.6 Å². The predicted octanol–water partition coefficient (Wildman–Crippen LogP) is 4.08. The van der Waals surface area contributed by atoms with E-state index >= 15 is 0 Å². The lowest BCUT2D eigenvalue weighted by molar-refractivity contribution is -0.115. The first-order valence-electron chi connectivity index (χ1n) is 10.4. The van der Waals surface area contributed by atoms with E-state index in [-0.39, 0.29) is 12.5 Å². The Morgan fingerprint density at radius 2 is 1.94 bits per heavy atom. The van der Waals surface area contributed by atoms with Crippen molar-refractivity contribution < 1.29 is 14.3 Å². The number of carbonyl (C=O) groups excluding carboxylic acids is 2. The molecule has 0 fully saturated rings. The molecule has 1 aromatic carbocycles. The van der Waals surface area contributed by atoms with Crippen LogP contribution in [-0.4, -0.2) is 43.6 Å². The number of amides is 1. The fourth-order valence-electron chi connectivity index (χ4n) is 3.06. The summed E-state index contributed by atoms with van der Waals surface area (Å²) >= 11 is 2.48. The molecular formula is C23H22N6O3S2. The van der Waals surface area contributed by atoms with Crippen molar-refractivity contribution in [2.24, 2.45) is 0 Å². The molecule has 3 aromatic heterocycles. The van der Waals surface area contributed by atoms with Gasteiger partial charge in [0.15, 0.2) is 5.82 Å². The molecule has 11 heteroatoms. The minimum atomic E-state index is -0.564. The Hall–Kier alpha value is -3.70. The number of nitrogens with one attached hydrogen (secondary N) is 1. The quantitative estimate of drug-likeness (QED) is 0.213. The topological polar surface area (TPSA) is 125 Å². The van der Waals surface area contributed by atoms with Gasteiger partial charge in [0.1, 0.15) is 5.00 Å². The third-order valence-corrected chi connectivity index (χ3v) is 6.91. The number of nitrogen functional groups attached to an aromatic ring is 1. The van der Waals surface area contributed by atoms with Crippen molar-refractivity contribution in [1.29, 1.82) is 0 Å². The van der Waals surface area contributed by atoms with Gasteiger partial charge in [0.25, 0.3) is 0 Å². The fraction of sp³-hybridized carbons (Fsp3) is 0.174. The predicted molar refractivity (Wildman–Crippen MR) is 133 cm³/mol. The van der Waals surface area contributed by atoms with E-state index in [1.807, 2.05) is 36.4 Å². The second-order valence-electron chi connectivity index (χ2n) is 7.11. The summed E-state index contributed by atoms with van der Waals surface area (Å²) in [5.74, 6) is 5.81. The maximum absolute atomic E-state index is 13.0. The zero-order valence-electron chi connectivity index (χ0n) is 18.5. The van der Waals surface area contributed by atoms with E-state index in [9.17, 15) is 9.59 Å². The Morgan fingerprint density at radius 1 is 1.18 bits per heavy atom. The lowest BCUT2D eigenvalue weighted by Gasteiger charge is -2.11. The largest absolute Gasteiger partial charge is 0.462 e. The third-order valence-electron chi connectivity index (χ3n) is 4.76. The Balaban J connectivity index is 1.52. The van der Waals surface area contributed by atoms with Crippen LogP contribution < -0.4 is 11.2 Å². The van der Waals surface area contributed by atoms with Crippen molar-refractivity contribution in [3.05, 3.63) is 66.5 Å². The van der Waals surface area contributed by atoms with Crippen molar-refractivity contribution >= 4 is 40.0 Å². The van der Waals surface area contributed by atoms with Crippen LogP contribution >= 0.6 is 23.1 Å². The molecule has 0 radical (unpaired) electrons. The van der Waals surface area contributed by atoms with E-state index in [1.165, 1.54) is 16.0 Å². The number of thioether (sulfide) groups is 1. The fourth-order valence-corrected chi connectivity index (χ4v) is 4.89. The average Bonchev–Trinajstić information content (AvgIpc) is 3.44. The van der Waals surface area contributed by atoms with Gasteiger partial charge in [-0.25, -0.2) is 9.47 Å². The number of hydrogen-bond donors (Lipinski definition) is 2. The highest BCUT2D eigenvalue weighted by Gasteiger charge is 2.24. The second kappa shape index (κ2) is 10.5. The molecule has 3 N–H and O–H groups in total. The van der Waals surface area contributed by atoms with E-state index < -0.39 is 11.2 Å². The number of aromatic nitrogens is 4. The third kappa shape index (κ3) is 5.10. The summed E-state index contributed by atoms with van der Waals surface area (Å²) in [6.07, 6.45) is 3.29. The maximum atomic E-state index is 13.0. The van der Waals surface area contributed by atoms with Crippen LogP contribution in [0.25, 0.3) is 21.8 Å². The van der Waals surface area contributed by atoms with Gasteiger partial charge in [0, 0.05) is 22.8 Å². The molecule has 0 saturated heterocycles. The highest BCUT2D eigenvalue weighted by Crippen LogP contribution is 2.36. The first-order chi connectivity index (χ1) is 16.5. The van der Waals surface area contributed by atoms with Crippen LogP contribution in [0.5, 0.6) is 0 Å². The number of ether oxygens (including phenoxy) is 1. The molecule has 0 bridgehead atoms. The SMILES string of the molecule is CCOC(=O)c1cc(-c2ccccc2)sc1NC(=O)[C@H](C)Sc1nnc(-c2cccnc2)n1N. The number of anilines is 1. The molecule has 1 amide bonds. The smallest absolute Gasteiger partial charge is 0.341 e. The summed E-state index contributed by atoms with van der Waals surface area (Å²) in [5, 5.41) is 11.3. The van der Waals surface area contributed by atoms with Gasteiger partial charge in [-0.15, -0.1) is 21.5 Å². The van der Waals surface area contributed by atoms with Gasteiger partial charge in [0.2, 0.25) is 11.1 Å². The Labute approximate surface area is 204 Å². The molecule has 1 atom stereocenters. The summed E-state index contributed by atoms with van der Waals surface area (Å²) in [6, 6.07) is 15.0. The van der Waals surface area contributed by atoms with Crippen LogP contribution in [-0.2, 0) is 9.53 Å². The van der Waals surface area contributed by atoms with Crippen LogP contribution in [0, 0.1) is 0 Å². The van der Waals surface area contributed by atoms with Crippen molar-refractivity contribution in [2.45, 2.75) is 24.3 Å². The van der Waals surface area contributed by atoms with Crippen molar-refractivity contribution in [3.8, 4) is 21.8 Å².